The van der Waals surface area contributed by atoms with Crippen molar-refractivity contribution in [3.63, 3.8) is 0 Å². The monoisotopic (exact) mass is 171 g/mol. The van der Waals surface area contributed by atoms with Crippen LogP contribution in [-0.4, -0.2) is 9.78 Å². The SMILES string of the molecule is CCc1[c]cnn1-c1ccccc1. The molecule has 0 unspecified atom stereocenters. The van der Waals surface area contributed by atoms with Gasteiger partial charge in [-0.1, -0.05) is 25.1 Å². The second-order valence-corrected chi connectivity index (χ2v) is 2.84. The molecule has 13 heavy (non-hydrogen) atoms. The minimum absolute atomic E-state index is 0.953. The molecule has 2 nitrogen and oxygen atoms in total. The van der Waals surface area contributed by atoms with Gasteiger partial charge in [-0.2, -0.15) is 5.10 Å². The molecule has 0 aliphatic rings. The highest BCUT2D eigenvalue weighted by Crippen LogP contribution is 2.09. The Morgan fingerprint density at radius 1 is 1.31 bits per heavy atom. The third kappa shape index (κ3) is 1.47. The van der Waals surface area contributed by atoms with Gasteiger partial charge in [-0.05, 0) is 18.6 Å². The van der Waals surface area contributed by atoms with Gasteiger partial charge >= 0.3 is 0 Å². The van der Waals surface area contributed by atoms with Crippen molar-refractivity contribution in [3.8, 4) is 5.69 Å². The minimum atomic E-state index is 0.953. The molecule has 0 atom stereocenters. The molecule has 0 spiro atoms. The van der Waals surface area contributed by atoms with E-state index in [1.165, 1.54) is 0 Å². The van der Waals surface area contributed by atoms with Crippen LogP contribution in [0.2, 0.25) is 0 Å². The van der Waals surface area contributed by atoms with Gasteiger partial charge in [0.15, 0.2) is 0 Å². The minimum Gasteiger partial charge on any atom is -0.237 e. The summed E-state index contributed by atoms with van der Waals surface area (Å²) in [4.78, 5) is 0. The number of para-hydroxylation sites is 1. The van der Waals surface area contributed by atoms with E-state index in [0.29, 0.717) is 0 Å². The number of rotatable bonds is 2. The lowest BCUT2D eigenvalue weighted by molar-refractivity contribution is 0.814. The second kappa shape index (κ2) is 3.44. The van der Waals surface area contributed by atoms with Crippen molar-refractivity contribution in [3.05, 3.63) is 48.3 Å². The van der Waals surface area contributed by atoms with Gasteiger partial charge in [0.2, 0.25) is 0 Å². The lowest BCUT2D eigenvalue weighted by Gasteiger charge is -2.04. The van der Waals surface area contributed by atoms with Crippen LogP contribution in [-0.2, 0) is 6.42 Å². The molecule has 2 heteroatoms. The molecule has 1 aromatic carbocycles. The highest BCUT2D eigenvalue weighted by Gasteiger charge is 2.01. The summed E-state index contributed by atoms with van der Waals surface area (Å²) in [6, 6.07) is 13.2. The Morgan fingerprint density at radius 3 is 2.77 bits per heavy atom. The van der Waals surface area contributed by atoms with Gasteiger partial charge in [-0.3, -0.25) is 0 Å². The van der Waals surface area contributed by atoms with Gasteiger partial charge < -0.3 is 0 Å². The summed E-state index contributed by atoms with van der Waals surface area (Å²) in [5, 5.41) is 4.22. The number of hydrogen-bond acceptors (Lipinski definition) is 1. The van der Waals surface area contributed by atoms with E-state index in [4.69, 9.17) is 0 Å². The summed E-state index contributed by atoms with van der Waals surface area (Å²) < 4.78 is 1.92. The van der Waals surface area contributed by atoms with Crippen LogP contribution in [0.3, 0.4) is 0 Å². The Bertz CT molecular complexity index is 376. The van der Waals surface area contributed by atoms with Crippen molar-refractivity contribution in [1.29, 1.82) is 0 Å². The Labute approximate surface area is 77.8 Å². The van der Waals surface area contributed by atoms with E-state index in [1.807, 2.05) is 35.0 Å². The fraction of sp³-hybridized carbons (Fsp3) is 0.182. The van der Waals surface area contributed by atoms with E-state index < -0.39 is 0 Å². The molecule has 2 aromatic rings. The van der Waals surface area contributed by atoms with Crippen molar-refractivity contribution in [2.24, 2.45) is 0 Å². The molecular weight excluding hydrogens is 160 g/mol. The third-order valence-electron chi connectivity index (χ3n) is 2.00. The normalized spacial score (nSPS) is 10.2. The summed E-state index contributed by atoms with van der Waals surface area (Å²) in [6.07, 6.45) is 2.67. The van der Waals surface area contributed by atoms with E-state index in [2.05, 4.69) is 18.1 Å². The Morgan fingerprint density at radius 2 is 2.08 bits per heavy atom. The molecule has 0 saturated carbocycles. The van der Waals surface area contributed by atoms with Crippen LogP contribution in [0, 0.1) is 6.07 Å². The van der Waals surface area contributed by atoms with E-state index in [0.717, 1.165) is 17.8 Å². The topological polar surface area (TPSA) is 17.8 Å². The molecule has 1 heterocycles. The summed E-state index contributed by atoms with van der Waals surface area (Å²) >= 11 is 0. The highest BCUT2D eigenvalue weighted by molar-refractivity contribution is 5.31. The third-order valence-corrected chi connectivity index (χ3v) is 2.00. The second-order valence-electron chi connectivity index (χ2n) is 2.84. The standard InChI is InChI=1S/C11H11N2/c1-2-10-8-9-12-13(10)11-6-4-3-5-7-11/h3-7,9H,2H2,1H3. The van der Waals surface area contributed by atoms with Gasteiger partial charge in [0.25, 0.3) is 0 Å². The van der Waals surface area contributed by atoms with E-state index in [9.17, 15) is 0 Å². The van der Waals surface area contributed by atoms with Gasteiger partial charge in [0.05, 0.1) is 17.6 Å². The Kier molecular flexibility index (Phi) is 2.13. The number of hydrogen-bond donors (Lipinski definition) is 0. The van der Waals surface area contributed by atoms with E-state index in [1.54, 1.807) is 6.20 Å². The van der Waals surface area contributed by atoms with Crippen molar-refractivity contribution in [1.82, 2.24) is 9.78 Å². The number of nitrogens with zero attached hydrogens (tertiary/aromatic N) is 2. The number of aryl methyl sites for hydroxylation is 1. The van der Waals surface area contributed by atoms with Crippen molar-refractivity contribution < 1.29 is 0 Å². The van der Waals surface area contributed by atoms with Crippen LogP contribution < -0.4 is 0 Å². The first-order valence-corrected chi connectivity index (χ1v) is 4.42. The zero-order chi connectivity index (χ0) is 9.10. The van der Waals surface area contributed by atoms with Crippen molar-refractivity contribution in [2.75, 3.05) is 0 Å². The first-order chi connectivity index (χ1) is 6.42. The lowest BCUT2D eigenvalue weighted by atomic mass is 10.3. The molecule has 0 saturated heterocycles. The zero-order valence-electron chi connectivity index (χ0n) is 7.57. The van der Waals surface area contributed by atoms with Gasteiger partial charge in [-0.25, -0.2) is 4.68 Å². The van der Waals surface area contributed by atoms with Crippen LogP contribution in [0.5, 0.6) is 0 Å². The maximum absolute atomic E-state index is 4.22. The highest BCUT2D eigenvalue weighted by atomic mass is 15.3. The lowest BCUT2D eigenvalue weighted by Crippen LogP contribution is -2.00. The molecule has 2 rings (SSSR count). The molecule has 0 aliphatic carbocycles. The van der Waals surface area contributed by atoms with Crippen LogP contribution >= 0.6 is 0 Å². The van der Waals surface area contributed by atoms with Crippen LogP contribution in [0.25, 0.3) is 5.69 Å². The van der Waals surface area contributed by atoms with Gasteiger partial charge in [-0.15, -0.1) is 0 Å². The Balaban J connectivity index is 2.47. The number of aromatic nitrogens is 2. The van der Waals surface area contributed by atoms with E-state index >= 15 is 0 Å². The molecule has 1 radical (unpaired) electrons. The largest absolute Gasteiger partial charge is 0.237 e. The fourth-order valence-corrected chi connectivity index (χ4v) is 1.34. The van der Waals surface area contributed by atoms with E-state index in [-0.39, 0.29) is 0 Å². The average molecular weight is 171 g/mol. The maximum atomic E-state index is 4.22. The zero-order valence-corrected chi connectivity index (χ0v) is 7.57. The molecule has 0 fully saturated rings. The molecule has 0 amide bonds. The summed E-state index contributed by atoms with van der Waals surface area (Å²) in [6.45, 7) is 2.10. The molecular formula is C11H11N2. The van der Waals surface area contributed by atoms with Gasteiger partial charge in [0, 0.05) is 6.07 Å². The summed E-state index contributed by atoms with van der Waals surface area (Å²) in [7, 11) is 0. The molecule has 0 aliphatic heterocycles. The first kappa shape index (κ1) is 8.05. The first-order valence-electron chi connectivity index (χ1n) is 4.42. The molecule has 1 aromatic heterocycles. The number of benzene rings is 1. The van der Waals surface area contributed by atoms with Crippen LogP contribution in [0.1, 0.15) is 12.6 Å². The maximum Gasteiger partial charge on any atom is 0.0649 e. The quantitative estimate of drug-likeness (QED) is 0.677. The van der Waals surface area contributed by atoms with Crippen LogP contribution in [0.4, 0.5) is 0 Å². The summed E-state index contributed by atoms with van der Waals surface area (Å²) in [5.41, 5.74) is 2.21. The fourth-order valence-electron chi connectivity index (χ4n) is 1.34. The molecule has 0 N–H and O–H groups in total. The predicted molar refractivity (Wildman–Crippen MR) is 51.8 cm³/mol. The molecule has 0 bridgehead atoms. The smallest absolute Gasteiger partial charge is 0.0649 e. The van der Waals surface area contributed by atoms with Crippen LogP contribution in [0.15, 0.2) is 36.5 Å². The van der Waals surface area contributed by atoms with Crippen molar-refractivity contribution >= 4 is 0 Å². The predicted octanol–water partition coefficient (Wildman–Crippen LogP) is 2.23. The average Bonchev–Trinajstić information content (AvgIpc) is 2.67. The van der Waals surface area contributed by atoms with Crippen molar-refractivity contribution in [2.45, 2.75) is 13.3 Å². The van der Waals surface area contributed by atoms with Gasteiger partial charge in [0.1, 0.15) is 0 Å². The Hall–Kier alpha value is -1.57. The molecule has 65 valence electrons. The summed E-state index contributed by atoms with van der Waals surface area (Å²) in [5.74, 6) is 0.